The Morgan fingerprint density at radius 1 is 0.909 bits per heavy atom. The second kappa shape index (κ2) is 7.33. The number of carbonyl (C=O) groups is 3. The minimum atomic E-state index is -0.898. The van der Waals surface area contributed by atoms with E-state index in [1.165, 1.54) is 12.3 Å². The van der Waals surface area contributed by atoms with E-state index in [4.69, 9.17) is 27.6 Å². The van der Waals surface area contributed by atoms with Crippen molar-refractivity contribution in [2.75, 3.05) is 9.80 Å². The fourth-order valence-corrected chi connectivity index (χ4v) is 5.77. The van der Waals surface area contributed by atoms with Gasteiger partial charge in [-0.3, -0.25) is 14.4 Å². The predicted octanol–water partition coefficient (Wildman–Crippen LogP) is 4.86. The van der Waals surface area contributed by atoms with E-state index in [1.807, 2.05) is 41.3 Å². The molecule has 0 spiro atoms. The molecule has 3 aromatic rings. The van der Waals surface area contributed by atoms with Gasteiger partial charge < -0.3 is 9.32 Å². The molecule has 2 aromatic carbocycles. The fraction of sp³-hybridized carbons (Fsp3) is 0.160. The number of carbonyl (C=O) groups excluding carboxylic acids is 3. The van der Waals surface area contributed by atoms with Gasteiger partial charge in [0.2, 0.25) is 17.6 Å². The number of halogens is 2. The second-order valence-corrected chi connectivity index (χ2v) is 9.11. The molecule has 0 aliphatic carbocycles. The Labute approximate surface area is 199 Å². The topological polar surface area (TPSA) is 70.8 Å². The summed E-state index contributed by atoms with van der Waals surface area (Å²) in [4.78, 5) is 44.1. The molecule has 4 heterocycles. The summed E-state index contributed by atoms with van der Waals surface area (Å²) < 4.78 is 5.39. The van der Waals surface area contributed by atoms with E-state index in [1.54, 1.807) is 24.3 Å². The number of Topliss-reactive ketones (excluding diaryl/α,β-unsaturated/α-hetero) is 1. The van der Waals surface area contributed by atoms with Crippen LogP contribution >= 0.6 is 23.2 Å². The average molecular weight is 479 g/mol. The van der Waals surface area contributed by atoms with Gasteiger partial charge in [-0.2, -0.15) is 0 Å². The largest absolute Gasteiger partial charge is 0.461 e. The number of nitrogens with zero attached hydrogens (tertiary/aromatic N) is 2. The monoisotopic (exact) mass is 478 g/mol. The van der Waals surface area contributed by atoms with E-state index >= 15 is 0 Å². The standard InChI is InChI=1S/C25H16Cl2N2O4/c26-14-8-10-17(15(27)12-14)29-24(31)20-18-9-7-13-4-1-2-5-16(13)28(18)22(21(20)25(29)32)23(30)19-6-3-11-33-19/h1-12,18,20-22H/t18-,20+,21-,22-/m0/s1. The zero-order valence-electron chi connectivity index (χ0n) is 17.0. The maximum atomic E-state index is 13.8. The summed E-state index contributed by atoms with van der Waals surface area (Å²) in [5.41, 5.74) is 1.99. The van der Waals surface area contributed by atoms with E-state index in [9.17, 15) is 14.4 Å². The summed E-state index contributed by atoms with van der Waals surface area (Å²) >= 11 is 12.4. The molecule has 2 amide bonds. The lowest BCUT2D eigenvalue weighted by Crippen LogP contribution is -2.48. The lowest BCUT2D eigenvalue weighted by atomic mass is 9.87. The highest BCUT2D eigenvalue weighted by molar-refractivity contribution is 6.38. The minimum Gasteiger partial charge on any atom is -0.461 e. The third-order valence-corrected chi connectivity index (χ3v) is 7.14. The molecule has 33 heavy (non-hydrogen) atoms. The molecule has 2 saturated heterocycles. The van der Waals surface area contributed by atoms with E-state index in [0.29, 0.717) is 5.02 Å². The molecule has 0 bridgehead atoms. The molecule has 164 valence electrons. The van der Waals surface area contributed by atoms with Crippen molar-refractivity contribution in [2.45, 2.75) is 12.1 Å². The lowest BCUT2D eigenvalue weighted by molar-refractivity contribution is -0.122. The van der Waals surface area contributed by atoms with Crippen molar-refractivity contribution in [3.05, 3.63) is 88.3 Å². The van der Waals surface area contributed by atoms with Gasteiger partial charge in [-0.25, -0.2) is 4.90 Å². The minimum absolute atomic E-state index is 0.148. The van der Waals surface area contributed by atoms with Crippen LogP contribution in [0.1, 0.15) is 16.1 Å². The Morgan fingerprint density at radius 2 is 1.70 bits per heavy atom. The number of rotatable bonds is 3. The van der Waals surface area contributed by atoms with Crippen LogP contribution in [0.25, 0.3) is 6.08 Å². The number of para-hydroxylation sites is 1. The van der Waals surface area contributed by atoms with Crippen LogP contribution in [0, 0.1) is 11.8 Å². The van der Waals surface area contributed by atoms with Gasteiger partial charge in [0, 0.05) is 10.7 Å². The molecule has 6 rings (SSSR count). The smallest absolute Gasteiger partial charge is 0.240 e. The van der Waals surface area contributed by atoms with Gasteiger partial charge in [0.05, 0.1) is 34.9 Å². The Bertz CT molecular complexity index is 1350. The fourth-order valence-electron chi connectivity index (χ4n) is 5.28. The molecule has 0 radical (unpaired) electrons. The van der Waals surface area contributed by atoms with E-state index in [2.05, 4.69) is 0 Å². The number of benzene rings is 2. The van der Waals surface area contributed by atoms with Gasteiger partial charge in [-0.1, -0.05) is 53.6 Å². The van der Waals surface area contributed by atoms with Gasteiger partial charge in [0.15, 0.2) is 5.76 Å². The Kier molecular flexibility index (Phi) is 4.50. The Morgan fingerprint density at radius 3 is 2.45 bits per heavy atom. The lowest BCUT2D eigenvalue weighted by Gasteiger charge is -2.36. The highest BCUT2D eigenvalue weighted by Gasteiger charge is 2.64. The summed E-state index contributed by atoms with van der Waals surface area (Å²) in [5.74, 6) is -2.66. The molecular formula is C25H16Cl2N2O4. The number of anilines is 2. The highest BCUT2D eigenvalue weighted by Crippen LogP contribution is 2.50. The van der Waals surface area contributed by atoms with Crippen LogP contribution in [-0.4, -0.2) is 29.7 Å². The molecule has 0 unspecified atom stereocenters. The zero-order chi connectivity index (χ0) is 22.9. The van der Waals surface area contributed by atoms with E-state index in [-0.39, 0.29) is 28.2 Å². The van der Waals surface area contributed by atoms with Gasteiger partial charge in [0.1, 0.15) is 6.04 Å². The second-order valence-electron chi connectivity index (χ2n) is 8.26. The molecule has 0 saturated carbocycles. The van der Waals surface area contributed by atoms with Gasteiger partial charge >= 0.3 is 0 Å². The summed E-state index contributed by atoms with van der Waals surface area (Å²) in [6.45, 7) is 0. The van der Waals surface area contributed by atoms with Crippen molar-refractivity contribution in [1.29, 1.82) is 0 Å². The molecule has 3 aliphatic heterocycles. The summed E-state index contributed by atoms with van der Waals surface area (Å²) in [5, 5.41) is 0.589. The number of imide groups is 1. The molecule has 8 heteroatoms. The van der Waals surface area contributed by atoms with Crippen molar-refractivity contribution in [2.24, 2.45) is 11.8 Å². The Balaban J connectivity index is 1.51. The van der Waals surface area contributed by atoms with Crippen molar-refractivity contribution < 1.29 is 18.8 Å². The summed E-state index contributed by atoms with van der Waals surface area (Å²) in [6, 6.07) is 14.1. The summed E-state index contributed by atoms with van der Waals surface area (Å²) in [7, 11) is 0. The zero-order valence-corrected chi connectivity index (χ0v) is 18.5. The number of ketones is 1. The normalized spacial score (nSPS) is 25.3. The SMILES string of the molecule is O=C(c1ccco1)[C@@H]1[C@H]2C(=O)N(c3ccc(Cl)cc3Cl)C(=O)[C@@H]2[C@@H]2C=Cc3ccccc3N12. The number of furan rings is 1. The third kappa shape index (κ3) is 2.84. The number of amides is 2. The molecule has 6 nitrogen and oxygen atoms in total. The quantitative estimate of drug-likeness (QED) is 0.397. The van der Waals surface area contributed by atoms with E-state index < -0.39 is 29.8 Å². The first-order valence-electron chi connectivity index (χ1n) is 10.4. The first kappa shape index (κ1) is 20.3. The third-order valence-electron chi connectivity index (χ3n) is 6.60. The predicted molar refractivity (Wildman–Crippen MR) is 125 cm³/mol. The van der Waals surface area contributed by atoms with Crippen molar-refractivity contribution in [1.82, 2.24) is 0 Å². The van der Waals surface area contributed by atoms with Gasteiger partial charge in [-0.05, 0) is 42.0 Å². The van der Waals surface area contributed by atoms with Crippen molar-refractivity contribution >= 4 is 58.3 Å². The molecule has 0 N–H and O–H groups in total. The van der Waals surface area contributed by atoms with Crippen LogP contribution in [0.15, 0.2) is 71.4 Å². The number of hydrogen-bond acceptors (Lipinski definition) is 5. The van der Waals surface area contributed by atoms with Crippen LogP contribution in [0.5, 0.6) is 0 Å². The molecule has 2 fully saturated rings. The first-order chi connectivity index (χ1) is 16.0. The summed E-state index contributed by atoms with van der Waals surface area (Å²) in [6.07, 6.45) is 5.25. The average Bonchev–Trinajstić information content (AvgIpc) is 3.51. The number of hydrogen-bond donors (Lipinski definition) is 0. The molecular weight excluding hydrogens is 463 g/mol. The van der Waals surface area contributed by atoms with E-state index in [0.717, 1.165) is 16.2 Å². The molecule has 3 aliphatic rings. The van der Waals surface area contributed by atoms with Crippen LogP contribution in [0.4, 0.5) is 11.4 Å². The van der Waals surface area contributed by atoms with Crippen LogP contribution in [0.3, 0.4) is 0 Å². The number of fused-ring (bicyclic) bond motifs is 5. The van der Waals surface area contributed by atoms with Crippen LogP contribution in [0.2, 0.25) is 10.0 Å². The maximum Gasteiger partial charge on any atom is 0.240 e. The van der Waals surface area contributed by atoms with Crippen molar-refractivity contribution in [3.8, 4) is 0 Å². The van der Waals surface area contributed by atoms with Crippen LogP contribution in [-0.2, 0) is 9.59 Å². The maximum absolute atomic E-state index is 13.8. The van der Waals surface area contributed by atoms with Crippen LogP contribution < -0.4 is 9.80 Å². The van der Waals surface area contributed by atoms with Gasteiger partial charge in [-0.15, -0.1) is 0 Å². The van der Waals surface area contributed by atoms with Gasteiger partial charge in [0.25, 0.3) is 0 Å². The van der Waals surface area contributed by atoms with Crippen molar-refractivity contribution in [3.63, 3.8) is 0 Å². The molecule has 1 aromatic heterocycles. The Hall–Kier alpha value is -3.35. The molecule has 4 atom stereocenters. The highest BCUT2D eigenvalue weighted by atomic mass is 35.5. The first-order valence-corrected chi connectivity index (χ1v) is 11.2.